The molecule has 0 aliphatic carbocycles. The van der Waals surface area contributed by atoms with Gasteiger partial charge in [0.2, 0.25) is 0 Å². The van der Waals surface area contributed by atoms with Gasteiger partial charge >= 0.3 is 5.97 Å². The average Bonchev–Trinajstić information content (AvgIpc) is 2.27. The molecule has 0 saturated carbocycles. The van der Waals surface area contributed by atoms with Crippen molar-refractivity contribution in [3.8, 4) is 11.5 Å². The minimum absolute atomic E-state index is 0.0513. The summed E-state index contributed by atoms with van der Waals surface area (Å²) in [6, 6.07) is 3.22. The van der Waals surface area contributed by atoms with Crippen molar-refractivity contribution in [3.63, 3.8) is 0 Å². The third-order valence-corrected chi connectivity index (χ3v) is 2.57. The summed E-state index contributed by atoms with van der Waals surface area (Å²) in [7, 11) is 0. The van der Waals surface area contributed by atoms with Crippen LogP contribution in [0.25, 0.3) is 0 Å². The molecule has 1 unspecified atom stereocenters. The monoisotopic (exact) mass is 237 g/mol. The largest absolute Gasteiger partial charge is 0.508 e. The average molecular weight is 237 g/mol. The highest BCUT2D eigenvalue weighted by atomic mass is 16.5. The maximum atomic E-state index is 11.7. The van der Waals surface area contributed by atoms with E-state index in [0.29, 0.717) is 5.75 Å². The molecule has 2 rings (SSSR count). The maximum absolute atomic E-state index is 11.7. The minimum atomic E-state index is -1.12. The van der Waals surface area contributed by atoms with Gasteiger partial charge in [-0.25, -0.2) is 4.79 Å². The lowest BCUT2D eigenvalue weighted by Crippen LogP contribution is -2.47. The molecule has 1 heterocycles. The fourth-order valence-corrected chi connectivity index (χ4v) is 1.69. The summed E-state index contributed by atoms with van der Waals surface area (Å²) in [6.45, 7) is 1.20. The number of hydrogen-bond acceptors (Lipinski definition) is 4. The number of carbonyl (C=O) groups excluding carboxylic acids is 1. The number of rotatable bonds is 2. The second kappa shape index (κ2) is 3.97. The lowest BCUT2D eigenvalue weighted by Gasteiger charge is -2.32. The number of carbonyl (C=O) groups is 2. The van der Waals surface area contributed by atoms with Gasteiger partial charge in [-0.3, -0.25) is 9.69 Å². The van der Waals surface area contributed by atoms with Crippen molar-refractivity contribution in [1.82, 2.24) is 0 Å². The molecule has 0 aromatic heterocycles. The molecule has 17 heavy (non-hydrogen) atoms. The number of fused-ring (bicyclic) bond motifs is 1. The van der Waals surface area contributed by atoms with Gasteiger partial charge in [-0.15, -0.1) is 0 Å². The van der Waals surface area contributed by atoms with Crippen LogP contribution in [-0.4, -0.2) is 34.7 Å². The van der Waals surface area contributed by atoms with E-state index < -0.39 is 17.9 Å². The number of carboxylic acid groups (broad SMARTS) is 1. The van der Waals surface area contributed by atoms with Crippen LogP contribution in [0.2, 0.25) is 0 Å². The van der Waals surface area contributed by atoms with Crippen molar-refractivity contribution in [2.24, 2.45) is 0 Å². The number of nitrogens with zero attached hydrogens (tertiary/aromatic N) is 1. The number of carboxylic acids is 1. The molecule has 1 aliphatic rings. The van der Waals surface area contributed by atoms with Crippen molar-refractivity contribution in [1.29, 1.82) is 0 Å². The zero-order chi connectivity index (χ0) is 12.6. The van der Waals surface area contributed by atoms with Gasteiger partial charge in [0.05, 0.1) is 5.69 Å². The van der Waals surface area contributed by atoms with E-state index >= 15 is 0 Å². The molecule has 6 heteroatoms. The first-order valence-electron chi connectivity index (χ1n) is 5.01. The number of amides is 1. The highest BCUT2D eigenvalue weighted by molar-refractivity contribution is 6.02. The van der Waals surface area contributed by atoms with Crippen molar-refractivity contribution >= 4 is 17.6 Å². The summed E-state index contributed by atoms with van der Waals surface area (Å²) in [5.74, 6) is -1.23. The molecule has 1 atom stereocenters. The number of anilines is 1. The van der Waals surface area contributed by atoms with Crippen LogP contribution >= 0.6 is 0 Å². The van der Waals surface area contributed by atoms with Gasteiger partial charge in [0.1, 0.15) is 17.5 Å². The Morgan fingerprint density at radius 2 is 2.24 bits per heavy atom. The second-order valence-corrected chi connectivity index (χ2v) is 3.72. The molecular formula is C11H11NO5. The summed E-state index contributed by atoms with van der Waals surface area (Å²) >= 11 is 0. The van der Waals surface area contributed by atoms with E-state index in [2.05, 4.69) is 0 Å². The Balaban J connectivity index is 2.49. The first kappa shape index (κ1) is 11.3. The molecule has 0 saturated heterocycles. The minimum Gasteiger partial charge on any atom is -0.508 e. The molecule has 1 aromatic rings. The van der Waals surface area contributed by atoms with E-state index in [0.717, 1.165) is 4.90 Å². The number of phenols is 1. The van der Waals surface area contributed by atoms with E-state index in [1.165, 1.54) is 25.1 Å². The SMILES string of the molecule is CC(C(=O)O)N1C(=O)COc2ccc(O)cc21. The zero-order valence-corrected chi connectivity index (χ0v) is 9.08. The van der Waals surface area contributed by atoms with E-state index in [9.17, 15) is 14.7 Å². The van der Waals surface area contributed by atoms with Gasteiger partial charge < -0.3 is 14.9 Å². The third kappa shape index (κ3) is 1.89. The summed E-state index contributed by atoms with van der Waals surface area (Å²) < 4.78 is 5.16. The summed E-state index contributed by atoms with van der Waals surface area (Å²) in [5.41, 5.74) is 0.274. The predicted molar refractivity (Wildman–Crippen MR) is 58.2 cm³/mol. The summed E-state index contributed by atoms with van der Waals surface area (Å²) in [4.78, 5) is 23.7. The van der Waals surface area contributed by atoms with Crippen molar-refractivity contribution < 1.29 is 24.5 Å². The van der Waals surface area contributed by atoms with Crippen molar-refractivity contribution in [2.75, 3.05) is 11.5 Å². The van der Waals surface area contributed by atoms with Crippen molar-refractivity contribution in [3.05, 3.63) is 18.2 Å². The highest BCUT2D eigenvalue weighted by Crippen LogP contribution is 2.36. The Bertz CT molecular complexity index is 485. The lowest BCUT2D eigenvalue weighted by molar-refractivity contribution is -0.140. The van der Waals surface area contributed by atoms with E-state index in [-0.39, 0.29) is 18.0 Å². The lowest BCUT2D eigenvalue weighted by atomic mass is 10.1. The van der Waals surface area contributed by atoms with Crippen LogP contribution in [0.4, 0.5) is 5.69 Å². The smallest absolute Gasteiger partial charge is 0.326 e. The molecule has 90 valence electrons. The topological polar surface area (TPSA) is 87.1 Å². The molecule has 1 amide bonds. The van der Waals surface area contributed by atoms with Crippen molar-refractivity contribution in [2.45, 2.75) is 13.0 Å². The standard InChI is InChI=1S/C11H11NO5/c1-6(11(15)16)12-8-4-7(13)2-3-9(8)17-5-10(12)14/h2-4,6,13H,5H2,1H3,(H,15,16). The van der Waals surface area contributed by atoms with Crippen LogP contribution in [0.5, 0.6) is 11.5 Å². The quantitative estimate of drug-likeness (QED) is 0.786. The van der Waals surface area contributed by atoms with Crippen LogP contribution in [0, 0.1) is 0 Å². The van der Waals surface area contributed by atoms with Gasteiger partial charge in [0.15, 0.2) is 6.61 Å². The number of aromatic hydroxyl groups is 1. The van der Waals surface area contributed by atoms with Crippen LogP contribution in [0.15, 0.2) is 18.2 Å². The molecule has 1 aromatic carbocycles. The molecule has 0 spiro atoms. The van der Waals surface area contributed by atoms with Gasteiger partial charge in [-0.05, 0) is 19.1 Å². The van der Waals surface area contributed by atoms with Crippen LogP contribution in [-0.2, 0) is 9.59 Å². The van der Waals surface area contributed by atoms with E-state index in [1.807, 2.05) is 0 Å². The van der Waals surface area contributed by atoms with Gasteiger partial charge in [0.25, 0.3) is 5.91 Å². The Kier molecular flexibility index (Phi) is 2.63. The summed E-state index contributed by atoms with van der Waals surface area (Å²) in [5, 5.41) is 18.3. The second-order valence-electron chi connectivity index (χ2n) is 3.72. The fraction of sp³-hybridized carbons (Fsp3) is 0.273. The Morgan fingerprint density at radius 3 is 2.88 bits per heavy atom. The number of aliphatic carboxylic acids is 1. The molecule has 0 fully saturated rings. The zero-order valence-electron chi connectivity index (χ0n) is 9.08. The van der Waals surface area contributed by atoms with Gasteiger partial charge in [-0.1, -0.05) is 0 Å². The number of ether oxygens (including phenoxy) is 1. The molecular weight excluding hydrogens is 226 g/mol. The molecule has 1 aliphatic heterocycles. The highest BCUT2D eigenvalue weighted by Gasteiger charge is 2.33. The van der Waals surface area contributed by atoms with Crippen LogP contribution < -0.4 is 9.64 Å². The first-order valence-corrected chi connectivity index (χ1v) is 5.01. The Labute approximate surface area is 97.0 Å². The number of hydrogen-bond donors (Lipinski definition) is 2. The normalized spacial score (nSPS) is 16.1. The fourth-order valence-electron chi connectivity index (χ4n) is 1.69. The van der Waals surface area contributed by atoms with Gasteiger partial charge in [-0.2, -0.15) is 0 Å². The number of phenolic OH excluding ortho intramolecular Hbond substituents is 1. The van der Waals surface area contributed by atoms with Gasteiger partial charge in [0, 0.05) is 6.07 Å². The maximum Gasteiger partial charge on any atom is 0.326 e. The third-order valence-electron chi connectivity index (χ3n) is 2.57. The predicted octanol–water partition coefficient (Wildman–Crippen LogP) is 0.591. The van der Waals surface area contributed by atoms with E-state index in [4.69, 9.17) is 9.84 Å². The molecule has 0 bridgehead atoms. The van der Waals surface area contributed by atoms with Crippen LogP contribution in [0.1, 0.15) is 6.92 Å². The molecule has 6 nitrogen and oxygen atoms in total. The Hall–Kier alpha value is -2.24. The van der Waals surface area contributed by atoms with Crippen LogP contribution in [0.3, 0.4) is 0 Å². The molecule has 2 N–H and O–H groups in total. The van der Waals surface area contributed by atoms with E-state index in [1.54, 1.807) is 0 Å². The number of benzene rings is 1. The Morgan fingerprint density at radius 1 is 1.53 bits per heavy atom. The first-order chi connectivity index (χ1) is 8.00. The molecule has 0 radical (unpaired) electrons. The summed E-state index contributed by atoms with van der Waals surface area (Å²) in [6.07, 6.45) is 0.